The molecule has 0 bridgehead atoms. The van der Waals surface area contributed by atoms with E-state index < -0.39 is 0 Å². The Labute approximate surface area is 182 Å². The Kier molecular flexibility index (Phi) is 8.92. The summed E-state index contributed by atoms with van der Waals surface area (Å²) in [5, 5.41) is 6.35. The third-order valence-corrected chi connectivity index (χ3v) is 5.17. The van der Waals surface area contributed by atoms with Gasteiger partial charge in [-0.25, -0.2) is 0 Å². The molecule has 0 spiro atoms. The molecular weight excluding hydrogens is 411 g/mol. The van der Waals surface area contributed by atoms with Crippen LogP contribution in [0, 0.1) is 0 Å². The van der Waals surface area contributed by atoms with Gasteiger partial charge in [0.05, 0.1) is 17.8 Å². The number of halogens is 2. The number of likely N-dealkylation sites (N-methyl/N-ethyl adjacent to an activating group) is 1. The molecule has 2 aromatic carbocycles. The first kappa shape index (κ1) is 23.2. The number of piperazine rings is 1. The van der Waals surface area contributed by atoms with Crippen LogP contribution in [0.25, 0.3) is 0 Å². The van der Waals surface area contributed by atoms with Crippen LogP contribution in [0.15, 0.2) is 48.5 Å². The van der Waals surface area contributed by atoms with Gasteiger partial charge in [0.25, 0.3) is 5.91 Å². The predicted octanol–water partition coefficient (Wildman–Crippen LogP) is 2.88. The van der Waals surface area contributed by atoms with Crippen LogP contribution in [-0.2, 0) is 11.3 Å². The molecule has 1 aliphatic rings. The van der Waals surface area contributed by atoms with Crippen LogP contribution in [0.1, 0.15) is 15.9 Å². The first-order chi connectivity index (χ1) is 13.5. The molecule has 6 nitrogen and oxygen atoms in total. The summed E-state index contributed by atoms with van der Waals surface area (Å²) < 4.78 is 0. The van der Waals surface area contributed by atoms with Gasteiger partial charge in [0.1, 0.15) is 0 Å². The highest BCUT2D eigenvalue weighted by molar-refractivity contribution is 6.31. The fourth-order valence-corrected chi connectivity index (χ4v) is 3.30. The summed E-state index contributed by atoms with van der Waals surface area (Å²) >= 11 is 6.14. The fourth-order valence-electron chi connectivity index (χ4n) is 3.10. The summed E-state index contributed by atoms with van der Waals surface area (Å²) in [5.41, 5.74) is 1.79. The molecule has 2 amide bonds. The van der Waals surface area contributed by atoms with Crippen LogP contribution in [0.4, 0.5) is 5.69 Å². The van der Waals surface area contributed by atoms with E-state index in [1.54, 1.807) is 30.3 Å². The van der Waals surface area contributed by atoms with E-state index in [2.05, 4.69) is 27.5 Å². The summed E-state index contributed by atoms with van der Waals surface area (Å²) in [6, 6.07) is 14.4. The van der Waals surface area contributed by atoms with Crippen molar-refractivity contribution < 1.29 is 9.59 Å². The first-order valence-corrected chi connectivity index (χ1v) is 9.72. The van der Waals surface area contributed by atoms with E-state index in [4.69, 9.17) is 11.6 Å². The van der Waals surface area contributed by atoms with E-state index in [-0.39, 0.29) is 24.2 Å². The number of carbonyl (C=O) groups is 2. The van der Waals surface area contributed by atoms with E-state index in [0.717, 1.165) is 31.7 Å². The molecule has 0 atom stereocenters. The Morgan fingerprint density at radius 1 is 1.00 bits per heavy atom. The molecule has 156 valence electrons. The molecule has 1 saturated heterocycles. The zero-order valence-electron chi connectivity index (χ0n) is 16.4. The number of anilines is 1. The summed E-state index contributed by atoms with van der Waals surface area (Å²) in [6.07, 6.45) is 0. The monoisotopic (exact) mass is 436 g/mol. The Bertz CT molecular complexity index is 839. The number of nitrogens with zero attached hydrogens (tertiary/aromatic N) is 2. The van der Waals surface area contributed by atoms with Crippen molar-refractivity contribution in [2.24, 2.45) is 0 Å². The molecule has 1 heterocycles. The Balaban J connectivity index is 0.00000300. The van der Waals surface area contributed by atoms with Crippen molar-refractivity contribution in [1.82, 2.24) is 15.1 Å². The van der Waals surface area contributed by atoms with E-state index in [0.29, 0.717) is 29.4 Å². The van der Waals surface area contributed by atoms with Gasteiger partial charge in [-0.2, -0.15) is 0 Å². The lowest BCUT2D eigenvalue weighted by molar-refractivity contribution is -0.117. The minimum atomic E-state index is -0.254. The van der Waals surface area contributed by atoms with Gasteiger partial charge >= 0.3 is 0 Å². The summed E-state index contributed by atoms with van der Waals surface area (Å²) in [6.45, 7) is 4.28. The van der Waals surface area contributed by atoms with Crippen molar-refractivity contribution >= 4 is 41.5 Å². The van der Waals surface area contributed by atoms with Crippen LogP contribution in [0.3, 0.4) is 0 Å². The van der Waals surface area contributed by atoms with Crippen LogP contribution in [0.5, 0.6) is 0 Å². The van der Waals surface area contributed by atoms with Crippen molar-refractivity contribution in [3.63, 3.8) is 0 Å². The molecule has 0 radical (unpaired) electrons. The number of benzene rings is 2. The van der Waals surface area contributed by atoms with Crippen LogP contribution < -0.4 is 10.6 Å². The van der Waals surface area contributed by atoms with Gasteiger partial charge in [-0.1, -0.05) is 41.9 Å². The standard InChI is InChI=1S/C21H25ClN4O2.ClH/c1-25-10-12-26(13-11-25)15-20(27)24-19-9-5-3-7-17(19)21(28)23-14-16-6-2-4-8-18(16)22;/h2-9H,10-15H2,1H3,(H,23,28)(H,24,27);1H. The van der Waals surface area contributed by atoms with Crippen molar-refractivity contribution in [2.45, 2.75) is 6.54 Å². The molecule has 1 aliphatic heterocycles. The van der Waals surface area contributed by atoms with Gasteiger partial charge in [0, 0.05) is 37.7 Å². The number of rotatable bonds is 6. The zero-order valence-corrected chi connectivity index (χ0v) is 17.9. The molecule has 1 fully saturated rings. The number of para-hydroxylation sites is 1. The van der Waals surface area contributed by atoms with Gasteiger partial charge in [-0.05, 0) is 30.8 Å². The highest BCUT2D eigenvalue weighted by Crippen LogP contribution is 2.17. The Morgan fingerprint density at radius 3 is 2.38 bits per heavy atom. The lowest BCUT2D eigenvalue weighted by atomic mass is 10.1. The second-order valence-corrected chi connectivity index (χ2v) is 7.35. The lowest BCUT2D eigenvalue weighted by Crippen LogP contribution is -2.47. The third kappa shape index (κ3) is 6.72. The Morgan fingerprint density at radius 2 is 1.66 bits per heavy atom. The van der Waals surface area contributed by atoms with E-state index in [1.807, 2.05) is 18.2 Å². The highest BCUT2D eigenvalue weighted by Gasteiger charge is 2.18. The average molecular weight is 437 g/mol. The molecule has 29 heavy (non-hydrogen) atoms. The lowest BCUT2D eigenvalue weighted by Gasteiger charge is -2.31. The fraction of sp³-hybridized carbons (Fsp3) is 0.333. The van der Waals surface area contributed by atoms with E-state index in [1.165, 1.54) is 0 Å². The van der Waals surface area contributed by atoms with Gasteiger partial charge in [-0.3, -0.25) is 14.5 Å². The largest absolute Gasteiger partial charge is 0.348 e. The summed E-state index contributed by atoms with van der Waals surface area (Å²) in [7, 11) is 2.08. The molecule has 0 aromatic heterocycles. The number of hydrogen-bond donors (Lipinski definition) is 2. The summed E-state index contributed by atoms with van der Waals surface area (Å²) in [5.74, 6) is -0.369. The van der Waals surface area contributed by atoms with Gasteiger partial charge < -0.3 is 15.5 Å². The van der Waals surface area contributed by atoms with Crippen molar-refractivity contribution in [1.29, 1.82) is 0 Å². The van der Waals surface area contributed by atoms with Crippen LogP contribution in [-0.4, -0.2) is 61.4 Å². The summed E-state index contributed by atoms with van der Waals surface area (Å²) in [4.78, 5) is 29.4. The maximum Gasteiger partial charge on any atom is 0.253 e. The molecule has 0 aliphatic carbocycles. The van der Waals surface area contributed by atoms with E-state index in [9.17, 15) is 9.59 Å². The molecule has 2 aromatic rings. The van der Waals surface area contributed by atoms with Gasteiger partial charge in [-0.15, -0.1) is 12.4 Å². The molecule has 0 unspecified atom stereocenters. The number of amides is 2. The van der Waals surface area contributed by atoms with Gasteiger partial charge in [0.2, 0.25) is 5.91 Å². The maximum atomic E-state index is 12.6. The van der Waals surface area contributed by atoms with E-state index >= 15 is 0 Å². The second-order valence-electron chi connectivity index (χ2n) is 6.95. The molecule has 8 heteroatoms. The third-order valence-electron chi connectivity index (χ3n) is 4.81. The van der Waals surface area contributed by atoms with Crippen molar-refractivity contribution in [3.8, 4) is 0 Å². The minimum Gasteiger partial charge on any atom is -0.348 e. The number of nitrogens with one attached hydrogen (secondary N) is 2. The van der Waals surface area contributed by atoms with Crippen LogP contribution in [0.2, 0.25) is 5.02 Å². The van der Waals surface area contributed by atoms with Crippen molar-refractivity contribution in [2.75, 3.05) is 45.1 Å². The highest BCUT2D eigenvalue weighted by atomic mass is 35.5. The predicted molar refractivity (Wildman–Crippen MR) is 119 cm³/mol. The normalized spacial score (nSPS) is 14.7. The number of hydrogen-bond acceptors (Lipinski definition) is 4. The smallest absolute Gasteiger partial charge is 0.253 e. The topological polar surface area (TPSA) is 64.7 Å². The first-order valence-electron chi connectivity index (χ1n) is 9.34. The molecule has 3 rings (SSSR count). The minimum absolute atomic E-state index is 0. The molecule has 0 saturated carbocycles. The maximum absolute atomic E-state index is 12.6. The van der Waals surface area contributed by atoms with Gasteiger partial charge in [0.15, 0.2) is 0 Å². The Hall–Kier alpha value is -2.12. The number of carbonyl (C=O) groups excluding carboxylic acids is 2. The quantitative estimate of drug-likeness (QED) is 0.730. The molecule has 2 N–H and O–H groups in total. The SMILES string of the molecule is CN1CCN(CC(=O)Nc2ccccc2C(=O)NCc2ccccc2Cl)CC1.Cl. The second kappa shape index (κ2) is 11.2. The molecular formula is C21H26Cl2N4O2. The van der Waals surface area contributed by atoms with Crippen molar-refractivity contribution in [3.05, 3.63) is 64.7 Å². The average Bonchev–Trinajstić information content (AvgIpc) is 2.69. The van der Waals surface area contributed by atoms with Crippen LogP contribution >= 0.6 is 24.0 Å². The zero-order chi connectivity index (χ0) is 19.9.